The molecule has 1 saturated heterocycles. The van der Waals surface area contributed by atoms with Crippen molar-refractivity contribution in [3.63, 3.8) is 0 Å². The van der Waals surface area contributed by atoms with Crippen molar-refractivity contribution in [2.75, 3.05) is 27.4 Å². The minimum Gasteiger partial charge on any atom is -0.504 e. The Hall–Kier alpha value is -1.83. The van der Waals surface area contributed by atoms with Crippen LogP contribution in [0.1, 0.15) is 31.2 Å². The topological polar surface area (TPSA) is 88.5 Å². The second kappa shape index (κ2) is 7.82. The van der Waals surface area contributed by atoms with Crippen LogP contribution in [0.15, 0.2) is 18.2 Å². The van der Waals surface area contributed by atoms with E-state index in [4.69, 9.17) is 19.3 Å². The summed E-state index contributed by atoms with van der Waals surface area (Å²) in [7, 11) is 3.29. The van der Waals surface area contributed by atoms with Crippen LogP contribution in [0, 0.1) is 0 Å². The monoisotopic (exact) mass is 365 g/mol. The summed E-state index contributed by atoms with van der Waals surface area (Å²) in [6, 6.07) is 5.62. The van der Waals surface area contributed by atoms with E-state index < -0.39 is 5.97 Å². The number of carboxylic acids is 1. The number of nitrogens with zero attached hydrogens (tertiary/aromatic N) is 1. The van der Waals surface area contributed by atoms with Crippen molar-refractivity contribution >= 4 is 5.97 Å². The van der Waals surface area contributed by atoms with Gasteiger partial charge in [-0.25, -0.2) is 4.79 Å². The number of carboxylic acid groups (broad SMARTS) is 1. The van der Waals surface area contributed by atoms with Crippen LogP contribution in [0.25, 0.3) is 0 Å². The molecule has 7 nitrogen and oxygen atoms in total. The van der Waals surface area contributed by atoms with Crippen molar-refractivity contribution < 1.29 is 29.2 Å². The van der Waals surface area contributed by atoms with E-state index in [-0.39, 0.29) is 30.1 Å². The molecule has 2 N–H and O–H groups in total. The van der Waals surface area contributed by atoms with Crippen LogP contribution in [0.2, 0.25) is 0 Å². The summed E-state index contributed by atoms with van der Waals surface area (Å²) in [5, 5.41) is 18.9. The van der Waals surface area contributed by atoms with Gasteiger partial charge in [0.05, 0.1) is 18.8 Å². The van der Waals surface area contributed by atoms with Gasteiger partial charge in [0.25, 0.3) is 0 Å². The third kappa shape index (κ3) is 3.79. The van der Waals surface area contributed by atoms with E-state index in [1.807, 2.05) is 6.07 Å². The van der Waals surface area contributed by atoms with Gasteiger partial charge in [-0.05, 0) is 43.4 Å². The Morgan fingerprint density at radius 1 is 1.35 bits per heavy atom. The molecule has 1 aromatic rings. The zero-order valence-electron chi connectivity index (χ0n) is 15.3. The molecule has 0 amide bonds. The highest BCUT2D eigenvalue weighted by atomic mass is 16.5. The Kier molecular flexibility index (Phi) is 5.70. The maximum atomic E-state index is 10.8. The lowest BCUT2D eigenvalue weighted by atomic mass is 9.79. The molecule has 1 heterocycles. The average Bonchev–Trinajstić information content (AvgIpc) is 2.98. The number of fused-ring (bicyclic) bond motifs is 1. The number of hydrogen-bond donors (Lipinski definition) is 2. The zero-order valence-corrected chi connectivity index (χ0v) is 15.3. The molecule has 0 aromatic heterocycles. The Labute approximate surface area is 153 Å². The van der Waals surface area contributed by atoms with Gasteiger partial charge in [-0.15, -0.1) is 0 Å². The van der Waals surface area contributed by atoms with Crippen LogP contribution in [0.4, 0.5) is 0 Å². The molecule has 3 atom stereocenters. The molecule has 1 saturated carbocycles. The molecule has 144 valence electrons. The quantitative estimate of drug-likeness (QED) is 0.764. The number of aromatic hydroxyl groups is 1. The molecule has 7 heteroatoms. The molecule has 1 aromatic carbocycles. The highest BCUT2D eigenvalue weighted by molar-refractivity contribution is 5.68. The van der Waals surface area contributed by atoms with Gasteiger partial charge in [-0.1, -0.05) is 6.07 Å². The van der Waals surface area contributed by atoms with Crippen LogP contribution in [0.3, 0.4) is 0 Å². The van der Waals surface area contributed by atoms with Crippen LogP contribution < -0.4 is 4.74 Å². The fraction of sp³-hybridized carbons (Fsp3) is 0.632. The normalized spacial score (nSPS) is 28.7. The summed E-state index contributed by atoms with van der Waals surface area (Å²) in [6.07, 6.45) is 3.31. The largest absolute Gasteiger partial charge is 0.504 e. The SMILES string of the molecule is COc1ccc(CN2CC[C@]3(OC)CCC(OCC(=O)O)CC23)cc1O. The average molecular weight is 365 g/mol. The van der Waals surface area contributed by atoms with Crippen molar-refractivity contribution in [3.8, 4) is 11.5 Å². The van der Waals surface area contributed by atoms with Crippen LogP contribution >= 0.6 is 0 Å². The van der Waals surface area contributed by atoms with E-state index in [1.54, 1.807) is 19.2 Å². The van der Waals surface area contributed by atoms with E-state index in [1.165, 1.54) is 7.11 Å². The molecular weight excluding hydrogens is 338 g/mol. The Morgan fingerprint density at radius 2 is 2.15 bits per heavy atom. The van der Waals surface area contributed by atoms with Crippen molar-refractivity contribution in [1.82, 2.24) is 4.90 Å². The highest BCUT2D eigenvalue weighted by Gasteiger charge is 2.51. The first-order valence-corrected chi connectivity index (χ1v) is 8.96. The van der Waals surface area contributed by atoms with Gasteiger partial charge in [0.2, 0.25) is 0 Å². The number of benzene rings is 1. The number of ether oxygens (including phenoxy) is 3. The second-order valence-electron chi connectivity index (χ2n) is 7.11. The third-order valence-electron chi connectivity index (χ3n) is 5.72. The lowest BCUT2D eigenvalue weighted by Gasteiger charge is -2.43. The fourth-order valence-electron chi connectivity index (χ4n) is 4.35. The Morgan fingerprint density at radius 3 is 2.81 bits per heavy atom. The summed E-state index contributed by atoms with van der Waals surface area (Å²) < 4.78 is 16.6. The highest BCUT2D eigenvalue weighted by Crippen LogP contribution is 2.44. The molecule has 26 heavy (non-hydrogen) atoms. The van der Waals surface area contributed by atoms with Gasteiger partial charge in [-0.3, -0.25) is 4.90 Å². The minimum absolute atomic E-state index is 0.0655. The van der Waals surface area contributed by atoms with Gasteiger partial charge in [0.1, 0.15) is 6.61 Å². The number of phenols is 1. The molecule has 2 aliphatic rings. The van der Waals surface area contributed by atoms with Crippen LogP contribution in [-0.2, 0) is 20.8 Å². The molecule has 0 bridgehead atoms. The molecule has 3 rings (SSSR count). The maximum Gasteiger partial charge on any atom is 0.329 e. The van der Waals surface area contributed by atoms with Crippen molar-refractivity contribution in [1.29, 1.82) is 0 Å². The minimum atomic E-state index is -0.939. The zero-order chi connectivity index (χ0) is 18.7. The third-order valence-corrected chi connectivity index (χ3v) is 5.72. The lowest BCUT2D eigenvalue weighted by Crippen LogP contribution is -2.51. The Bertz CT molecular complexity index is 651. The number of likely N-dealkylation sites (tertiary alicyclic amines) is 1. The van der Waals surface area contributed by atoms with E-state index in [0.717, 1.165) is 37.8 Å². The van der Waals surface area contributed by atoms with Crippen molar-refractivity contribution in [3.05, 3.63) is 23.8 Å². The van der Waals surface area contributed by atoms with E-state index in [0.29, 0.717) is 12.3 Å². The number of carbonyl (C=O) groups is 1. The number of hydrogen-bond acceptors (Lipinski definition) is 6. The summed E-state index contributed by atoms with van der Waals surface area (Å²) in [6.45, 7) is 1.33. The van der Waals surface area contributed by atoms with Gasteiger partial charge in [-0.2, -0.15) is 0 Å². The molecule has 1 aliphatic heterocycles. The van der Waals surface area contributed by atoms with Crippen LogP contribution in [-0.4, -0.2) is 66.2 Å². The predicted octanol–water partition coefficient (Wildman–Crippen LogP) is 2.01. The number of methoxy groups -OCH3 is 2. The van der Waals surface area contributed by atoms with Gasteiger partial charge in [0, 0.05) is 26.2 Å². The van der Waals surface area contributed by atoms with Gasteiger partial charge >= 0.3 is 5.97 Å². The summed E-state index contributed by atoms with van der Waals surface area (Å²) in [5.41, 5.74) is 0.807. The summed E-state index contributed by atoms with van der Waals surface area (Å²) >= 11 is 0. The van der Waals surface area contributed by atoms with E-state index in [9.17, 15) is 9.90 Å². The summed E-state index contributed by atoms with van der Waals surface area (Å²) in [5.74, 6) is -0.347. The van der Waals surface area contributed by atoms with E-state index >= 15 is 0 Å². The predicted molar refractivity (Wildman–Crippen MR) is 94.4 cm³/mol. The molecule has 0 spiro atoms. The van der Waals surface area contributed by atoms with Gasteiger partial charge < -0.3 is 24.4 Å². The standard InChI is InChI=1S/C19H27NO6/c1-24-16-4-3-13(9-15(16)21)11-20-8-7-19(25-2)6-5-14(10-17(19)20)26-12-18(22)23/h3-4,9,14,17,21H,5-8,10-12H2,1-2H3,(H,22,23)/t14?,17?,19-/m1/s1. The molecule has 0 radical (unpaired) electrons. The molecular formula is C19H27NO6. The molecule has 2 fully saturated rings. The van der Waals surface area contributed by atoms with Crippen LogP contribution in [0.5, 0.6) is 11.5 Å². The molecule has 1 aliphatic carbocycles. The van der Waals surface area contributed by atoms with Crippen molar-refractivity contribution in [2.24, 2.45) is 0 Å². The number of rotatable bonds is 7. The maximum absolute atomic E-state index is 10.8. The second-order valence-corrected chi connectivity index (χ2v) is 7.11. The fourth-order valence-corrected chi connectivity index (χ4v) is 4.35. The first kappa shape index (κ1) is 18.9. The first-order chi connectivity index (χ1) is 12.5. The van der Waals surface area contributed by atoms with E-state index in [2.05, 4.69) is 4.90 Å². The van der Waals surface area contributed by atoms with Crippen molar-refractivity contribution in [2.45, 2.75) is 50.0 Å². The lowest BCUT2D eigenvalue weighted by molar-refractivity contribution is -0.148. The summed E-state index contributed by atoms with van der Waals surface area (Å²) in [4.78, 5) is 13.1. The molecule has 2 unspecified atom stereocenters. The number of aliphatic carboxylic acids is 1. The van der Waals surface area contributed by atoms with Gasteiger partial charge in [0.15, 0.2) is 11.5 Å². The number of phenolic OH excluding ortho intramolecular Hbond substituents is 1. The smallest absolute Gasteiger partial charge is 0.329 e. The first-order valence-electron chi connectivity index (χ1n) is 8.96. The Balaban J connectivity index is 1.71.